The van der Waals surface area contributed by atoms with Crippen molar-refractivity contribution in [3.8, 4) is 0 Å². The fraction of sp³-hybridized carbons (Fsp3) is 1.00. The number of nitrogens with one attached hydrogen (secondary N) is 1. The first kappa shape index (κ1) is 12.3. The minimum atomic E-state index is -0.160. The summed E-state index contributed by atoms with van der Waals surface area (Å²) in [6, 6.07) is 0.713. The normalized spacial score (nSPS) is 27.2. The lowest BCUT2D eigenvalue weighted by Crippen LogP contribution is -2.37. The molecule has 0 bridgehead atoms. The molecular formula is C11H23NOS. The topological polar surface area (TPSA) is 32.3 Å². The first-order valence-electron chi connectivity index (χ1n) is 5.67. The van der Waals surface area contributed by atoms with Gasteiger partial charge < -0.3 is 10.4 Å². The number of aliphatic hydroxyl groups excluding tert-OH is 1. The van der Waals surface area contributed by atoms with Crippen molar-refractivity contribution in [3.05, 3.63) is 0 Å². The summed E-state index contributed by atoms with van der Waals surface area (Å²) in [4.78, 5) is 0. The number of rotatable bonds is 5. The smallest absolute Gasteiger partial charge is 0.0515 e. The van der Waals surface area contributed by atoms with Crippen LogP contribution >= 0.6 is 11.8 Å². The third-order valence-electron chi connectivity index (χ3n) is 2.66. The van der Waals surface area contributed by atoms with Gasteiger partial charge in [-0.2, -0.15) is 11.8 Å². The Morgan fingerprint density at radius 2 is 2.29 bits per heavy atom. The molecule has 3 heteroatoms. The van der Waals surface area contributed by atoms with E-state index < -0.39 is 0 Å². The first-order valence-corrected chi connectivity index (χ1v) is 6.83. The molecule has 0 aromatic rings. The standard InChI is InChI=1S/C11H23NOS/c1-9(6-10(2)13)7-12-11-4-3-5-14-8-11/h9-13H,3-8H2,1-2H3. The quantitative estimate of drug-likeness (QED) is 0.737. The van der Waals surface area contributed by atoms with E-state index in [1.165, 1.54) is 24.3 Å². The maximum absolute atomic E-state index is 9.23. The molecule has 0 aliphatic carbocycles. The van der Waals surface area contributed by atoms with E-state index in [0.29, 0.717) is 12.0 Å². The molecule has 14 heavy (non-hydrogen) atoms. The molecule has 1 aliphatic rings. The van der Waals surface area contributed by atoms with Crippen LogP contribution in [0.25, 0.3) is 0 Å². The molecule has 2 nitrogen and oxygen atoms in total. The predicted octanol–water partition coefficient (Wildman–Crippen LogP) is 1.88. The van der Waals surface area contributed by atoms with Gasteiger partial charge in [0.05, 0.1) is 6.10 Å². The summed E-state index contributed by atoms with van der Waals surface area (Å²) in [6.45, 7) is 5.12. The molecule has 1 fully saturated rings. The summed E-state index contributed by atoms with van der Waals surface area (Å²) in [7, 11) is 0. The second-order valence-electron chi connectivity index (χ2n) is 4.51. The average molecular weight is 217 g/mol. The molecule has 0 amide bonds. The van der Waals surface area contributed by atoms with Gasteiger partial charge in [0.1, 0.15) is 0 Å². The Labute approximate surface area is 91.9 Å². The lowest BCUT2D eigenvalue weighted by Gasteiger charge is -2.24. The van der Waals surface area contributed by atoms with Crippen molar-refractivity contribution in [3.63, 3.8) is 0 Å². The van der Waals surface area contributed by atoms with Crippen LogP contribution in [-0.2, 0) is 0 Å². The SMILES string of the molecule is CC(O)CC(C)CNC1CCCSC1. The molecular weight excluding hydrogens is 194 g/mol. The Hall–Kier alpha value is 0.270. The van der Waals surface area contributed by atoms with Crippen molar-refractivity contribution in [2.45, 2.75) is 45.3 Å². The highest BCUT2D eigenvalue weighted by Gasteiger charge is 2.14. The molecule has 0 aromatic carbocycles. The maximum Gasteiger partial charge on any atom is 0.0515 e. The van der Waals surface area contributed by atoms with E-state index in [1.807, 2.05) is 6.92 Å². The minimum Gasteiger partial charge on any atom is -0.393 e. The van der Waals surface area contributed by atoms with Gasteiger partial charge in [0.15, 0.2) is 0 Å². The molecule has 0 saturated carbocycles. The largest absolute Gasteiger partial charge is 0.393 e. The lowest BCUT2D eigenvalue weighted by atomic mass is 10.0. The Kier molecular flexibility index (Phi) is 5.90. The summed E-state index contributed by atoms with van der Waals surface area (Å²) in [5, 5.41) is 12.8. The van der Waals surface area contributed by atoms with E-state index in [-0.39, 0.29) is 6.10 Å². The number of hydrogen-bond donors (Lipinski definition) is 2. The summed E-state index contributed by atoms with van der Waals surface area (Å²) in [6.07, 6.45) is 3.43. The van der Waals surface area contributed by atoms with Gasteiger partial charge in [0.2, 0.25) is 0 Å². The highest BCUT2D eigenvalue weighted by molar-refractivity contribution is 7.99. The van der Waals surface area contributed by atoms with Crippen LogP contribution in [0.15, 0.2) is 0 Å². The van der Waals surface area contributed by atoms with Gasteiger partial charge in [-0.3, -0.25) is 0 Å². The van der Waals surface area contributed by atoms with Crippen molar-refractivity contribution >= 4 is 11.8 Å². The summed E-state index contributed by atoms with van der Waals surface area (Å²) < 4.78 is 0. The van der Waals surface area contributed by atoms with E-state index in [1.54, 1.807) is 0 Å². The van der Waals surface area contributed by atoms with Crippen molar-refractivity contribution in [2.75, 3.05) is 18.1 Å². The molecule has 0 radical (unpaired) electrons. The second kappa shape index (κ2) is 6.70. The summed E-state index contributed by atoms with van der Waals surface area (Å²) in [5.41, 5.74) is 0. The zero-order valence-corrected chi connectivity index (χ0v) is 10.1. The summed E-state index contributed by atoms with van der Waals surface area (Å²) in [5.74, 6) is 3.19. The van der Waals surface area contributed by atoms with Crippen LogP contribution in [0.4, 0.5) is 0 Å². The Morgan fingerprint density at radius 1 is 1.50 bits per heavy atom. The fourth-order valence-corrected chi connectivity index (χ4v) is 3.04. The van der Waals surface area contributed by atoms with Crippen LogP contribution in [0.3, 0.4) is 0 Å². The van der Waals surface area contributed by atoms with Crippen LogP contribution in [0, 0.1) is 5.92 Å². The van der Waals surface area contributed by atoms with Crippen LogP contribution in [0.2, 0.25) is 0 Å². The highest BCUT2D eigenvalue weighted by atomic mass is 32.2. The second-order valence-corrected chi connectivity index (χ2v) is 5.66. The van der Waals surface area contributed by atoms with Crippen molar-refractivity contribution in [2.24, 2.45) is 5.92 Å². The van der Waals surface area contributed by atoms with Gasteiger partial charge >= 0.3 is 0 Å². The van der Waals surface area contributed by atoms with E-state index in [4.69, 9.17) is 0 Å². The third kappa shape index (κ3) is 5.23. The Morgan fingerprint density at radius 3 is 2.86 bits per heavy atom. The van der Waals surface area contributed by atoms with Gasteiger partial charge in [-0.05, 0) is 44.4 Å². The van der Waals surface area contributed by atoms with E-state index >= 15 is 0 Å². The Bertz CT molecular complexity index is 146. The molecule has 3 atom stereocenters. The van der Waals surface area contributed by atoms with E-state index in [2.05, 4.69) is 24.0 Å². The van der Waals surface area contributed by atoms with Crippen molar-refractivity contribution < 1.29 is 5.11 Å². The zero-order chi connectivity index (χ0) is 10.4. The third-order valence-corrected chi connectivity index (χ3v) is 3.87. The molecule has 1 saturated heterocycles. The zero-order valence-electron chi connectivity index (χ0n) is 9.33. The first-order chi connectivity index (χ1) is 6.68. The molecule has 1 aliphatic heterocycles. The molecule has 3 unspecified atom stereocenters. The van der Waals surface area contributed by atoms with Crippen molar-refractivity contribution in [1.82, 2.24) is 5.32 Å². The fourth-order valence-electron chi connectivity index (χ4n) is 1.94. The van der Waals surface area contributed by atoms with Crippen LogP contribution in [0.1, 0.15) is 33.1 Å². The molecule has 1 heterocycles. The van der Waals surface area contributed by atoms with E-state index in [9.17, 15) is 5.11 Å². The molecule has 84 valence electrons. The van der Waals surface area contributed by atoms with Crippen LogP contribution in [-0.4, -0.2) is 35.3 Å². The van der Waals surface area contributed by atoms with Gasteiger partial charge in [0, 0.05) is 11.8 Å². The highest BCUT2D eigenvalue weighted by Crippen LogP contribution is 2.17. The molecule has 0 spiro atoms. The monoisotopic (exact) mass is 217 g/mol. The Balaban J connectivity index is 2.06. The number of hydrogen-bond acceptors (Lipinski definition) is 3. The summed E-state index contributed by atoms with van der Waals surface area (Å²) >= 11 is 2.06. The molecule has 1 rings (SSSR count). The van der Waals surface area contributed by atoms with Crippen LogP contribution in [0.5, 0.6) is 0 Å². The van der Waals surface area contributed by atoms with Gasteiger partial charge in [-0.1, -0.05) is 6.92 Å². The van der Waals surface area contributed by atoms with E-state index in [0.717, 1.165) is 13.0 Å². The number of thioether (sulfide) groups is 1. The van der Waals surface area contributed by atoms with Gasteiger partial charge in [0.25, 0.3) is 0 Å². The molecule has 2 N–H and O–H groups in total. The predicted molar refractivity (Wildman–Crippen MR) is 63.8 cm³/mol. The molecule has 0 aromatic heterocycles. The number of aliphatic hydroxyl groups is 1. The van der Waals surface area contributed by atoms with Crippen LogP contribution < -0.4 is 5.32 Å². The van der Waals surface area contributed by atoms with Gasteiger partial charge in [-0.15, -0.1) is 0 Å². The average Bonchev–Trinajstić information content (AvgIpc) is 2.15. The minimum absolute atomic E-state index is 0.160. The maximum atomic E-state index is 9.23. The lowest BCUT2D eigenvalue weighted by molar-refractivity contribution is 0.162. The van der Waals surface area contributed by atoms with Crippen molar-refractivity contribution in [1.29, 1.82) is 0 Å². The van der Waals surface area contributed by atoms with Gasteiger partial charge in [-0.25, -0.2) is 0 Å².